The lowest BCUT2D eigenvalue weighted by Gasteiger charge is -2.32. The first-order valence-electron chi connectivity index (χ1n) is 12.1. The normalized spacial score (nSPS) is 16.0. The summed E-state index contributed by atoms with van der Waals surface area (Å²) in [5.74, 6) is -0.0782. The molecule has 0 atom stereocenters. The van der Waals surface area contributed by atoms with Crippen molar-refractivity contribution in [2.24, 2.45) is 5.73 Å². The van der Waals surface area contributed by atoms with Gasteiger partial charge in [-0.15, -0.1) is 0 Å². The Kier molecular flexibility index (Phi) is 31.1. The number of piperazine rings is 1. The highest BCUT2D eigenvalue weighted by Gasteiger charge is 2.18. The Bertz CT molecular complexity index is 395. The monoisotopic (exact) mass is 462 g/mol. The quantitative estimate of drug-likeness (QED) is 0.649. The summed E-state index contributed by atoms with van der Waals surface area (Å²) in [5, 5.41) is 0. The number of rotatable bonds is 6. The number of methoxy groups -OCH3 is 1. The number of amides is 1. The van der Waals surface area contributed by atoms with E-state index >= 15 is 0 Å². The maximum Gasteiger partial charge on any atom is 0.248 e. The lowest BCUT2D eigenvalue weighted by Crippen LogP contribution is -2.48. The number of nitrogens with two attached hydrogens (primary N) is 1. The van der Waals surface area contributed by atoms with Crippen LogP contribution in [0.2, 0.25) is 0 Å². The predicted octanol–water partition coefficient (Wildman–Crippen LogP) is 2.50. The minimum Gasteiger partial charge on any atom is -0.385 e. The van der Waals surface area contributed by atoms with Gasteiger partial charge in [-0.3, -0.25) is 9.59 Å². The minimum atomic E-state index is -0.0545. The van der Waals surface area contributed by atoms with E-state index in [4.69, 9.17) is 9.47 Å². The summed E-state index contributed by atoms with van der Waals surface area (Å²) in [5.41, 5.74) is 4.50. The molecule has 2 saturated heterocycles. The second-order valence-electron chi connectivity index (χ2n) is 7.94. The van der Waals surface area contributed by atoms with E-state index in [1.165, 1.54) is 52.7 Å². The van der Waals surface area contributed by atoms with Crippen molar-refractivity contribution in [2.45, 2.75) is 59.8 Å². The van der Waals surface area contributed by atoms with Gasteiger partial charge in [-0.2, -0.15) is 0 Å². The van der Waals surface area contributed by atoms with Crippen LogP contribution in [0, 0.1) is 0 Å². The molecule has 2 aliphatic rings. The van der Waals surface area contributed by atoms with Gasteiger partial charge in [0.2, 0.25) is 5.91 Å². The first kappa shape index (κ1) is 35.5. The topological polar surface area (TPSA) is 88.3 Å². The van der Waals surface area contributed by atoms with Gasteiger partial charge in [0.15, 0.2) is 5.78 Å². The molecule has 2 fully saturated rings. The predicted molar refractivity (Wildman–Crippen MR) is 135 cm³/mol. The first-order chi connectivity index (χ1) is 15.3. The summed E-state index contributed by atoms with van der Waals surface area (Å²) >= 11 is 0. The van der Waals surface area contributed by atoms with E-state index in [2.05, 4.69) is 43.4 Å². The fourth-order valence-electron chi connectivity index (χ4n) is 2.69. The fraction of sp³-hybridized carbons (Fsp3) is 0.917. The van der Waals surface area contributed by atoms with Gasteiger partial charge in [-0.05, 0) is 60.4 Å². The van der Waals surface area contributed by atoms with Crippen molar-refractivity contribution in [3.8, 4) is 0 Å². The van der Waals surface area contributed by atoms with Crippen molar-refractivity contribution in [2.75, 3.05) is 87.3 Å². The largest absolute Gasteiger partial charge is 0.385 e. The number of nitrogens with zero attached hydrogens (tertiary/aromatic N) is 3. The van der Waals surface area contributed by atoms with Crippen LogP contribution >= 0.6 is 0 Å². The van der Waals surface area contributed by atoms with Crippen LogP contribution in [0.15, 0.2) is 0 Å². The SMILES string of the molecule is CC(=O)COCC(=O)N1CCN(C)CC1.CCC.CCCOC.CN.CN1CCCCC1. The number of piperidine rings is 1. The smallest absolute Gasteiger partial charge is 0.248 e. The van der Waals surface area contributed by atoms with Crippen molar-refractivity contribution in [1.29, 1.82) is 0 Å². The van der Waals surface area contributed by atoms with Crippen LogP contribution in [0.5, 0.6) is 0 Å². The Labute approximate surface area is 198 Å². The van der Waals surface area contributed by atoms with Crippen LogP contribution in [0.4, 0.5) is 0 Å². The lowest BCUT2D eigenvalue weighted by atomic mass is 10.1. The summed E-state index contributed by atoms with van der Waals surface area (Å²) in [7, 11) is 7.44. The highest BCUT2D eigenvalue weighted by molar-refractivity contribution is 5.79. The number of ketones is 1. The molecule has 0 bridgehead atoms. The Morgan fingerprint density at radius 3 is 1.59 bits per heavy atom. The van der Waals surface area contributed by atoms with Gasteiger partial charge in [-0.1, -0.05) is 33.6 Å². The average molecular weight is 463 g/mol. The van der Waals surface area contributed by atoms with E-state index in [1.807, 2.05) is 7.05 Å². The highest BCUT2D eigenvalue weighted by atomic mass is 16.5. The molecular formula is C24H54N4O4. The summed E-state index contributed by atoms with van der Waals surface area (Å²) in [4.78, 5) is 28.5. The molecular weight excluding hydrogens is 408 g/mol. The number of hydrogen-bond donors (Lipinski definition) is 1. The molecule has 0 radical (unpaired) electrons. The van der Waals surface area contributed by atoms with Crippen LogP contribution < -0.4 is 5.73 Å². The number of carbonyl (C=O) groups excluding carboxylic acids is 2. The molecule has 0 aromatic carbocycles. The lowest BCUT2D eigenvalue weighted by molar-refractivity contribution is -0.139. The van der Waals surface area contributed by atoms with Gasteiger partial charge < -0.3 is 29.9 Å². The molecule has 8 nitrogen and oxygen atoms in total. The van der Waals surface area contributed by atoms with Gasteiger partial charge in [-0.25, -0.2) is 0 Å². The average Bonchev–Trinajstić information content (AvgIpc) is 2.78. The molecule has 0 aromatic heterocycles. The molecule has 8 heteroatoms. The molecule has 2 N–H and O–H groups in total. The molecule has 0 aliphatic carbocycles. The van der Waals surface area contributed by atoms with E-state index in [0.717, 1.165) is 39.2 Å². The van der Waals surface area contributed by atoms with E-state index < -0.39 is 0 Å². The van der Waals surface area contributed by atoms with Crippen molar-refractivity contribution in [3.05, 3.63) is 0 Å². The Morgan fingerprint density at radius 1 is 0.812 bits per heavy atom. The zero-order valence-corrected chi connectivity index (χ0v) is 22.5. The van der Waals surface area contributed by atoms with E-state index in [-0.39, 0.29) is 24.9 Å². The Hall–Kier alpha value is -1.06. The molecule has 0 saturated carbocycles. The van der Waals surface area contributed by atoms with Crippen molar-refractivity contribution >= 4 is 11.7 Å². The maximum absolute atomic E-state index is 11.6. The highest BCUT2D eigenvalue weighted by Crippen LogP contribution is 2.04. The summed E-state index contributed by atoms with van der Waals surface area (Å²) in [6, 6.07) is 0. The van der Waals surface area contributed by atoms with Gasteiger partial charge in [0.1, 0.15) is 13.2 Å². The molecule has 1 amide bonds. The van der Waals surface area contributed by atoms with E-state index in [9.17, 15) is 9.59 Å². The Balaban J connectivity index is -0.000000410. The van der Waals surface area contributed by atoms with Crippen molar-refractivity contribution in [1.82, 2.24) is 14.7 Å². The van der Waals surface area contributed by atoms with E-state index in [0.29, 0.717) is 0 Å². The molecule has 0 aromatic rings. The number of likely N-dealkylation sites (N-methyl/N-ethyl adjacent to an activating group) is 1. The number of hydrogen-bond acceptors (Lipinski definition) is 7. The van der Waals surface area contributed by atoms with Crippen LogP contribution in [0.1, 0.15) is 59.8 Å². The van der Waals surface area contributed by atoms with Crippen LogP contribution in [0.3, 0.4) is 0 Å². The first-order valence-corrected chi connectivity index (χ1v) is 12.1. The van der Waals surface area contributed by atoms with Crippen LogP contribution in [-0.2, 0) is 19.1 Å². The van der Waals surface area contributed by atoms with Gasteiger partial charge in [0.05, 0.1) is 0 Å². The Morgan fingerprint density at radius 2 is 1.28 bits per heavy atom. The maximum atomic E-state index is 11.6. The summed E-state index contributed by atoms with van der Waals surface area (Å²) in [6.07, 6.45) is 6.65. The van der Waals surface area contributed by atoms with Crippen LogP contribution in [-0.4, -0.2) is 114 Å². The number of Topliss-reactive ketones (excluding diaryl/α,β-unsaturated/α-hetero) is 1. The minimum absolute atomic E-state index is 0.0172. The molecule has 32 heavy (non-hydrogen) atoms. The summed E-state index contributed by atoms with van der Waals surface area (Å²) < 4.78 is 9.67. The van der Waals surface area contributed by atoms with Crippen LogP contribution in [0.25, 0.3) is 0 Å². The third-order valence-electron chi connectivity index (χ3n) is 4.37. The molecule has 2 aliphatic heterocycles. The number of carbonyl (C=O) groups is 2. The summed E-state index contributed by atoms with van der Waals surface area (Å²) in [6.45, 7) is 14.7. The second-order valence-corrected chi connectivity index (χ2v) is 7.94. The van der Waals surface area contributed by atoms with Gasteiger partial charge >= 0.3 is 0 Å². The molecule has 2 rings (SSSR count). The van der Waals surface area contributed by atoms with Crippen molar-refractivity contribution < 1.29 is 19.1 Å². The van der Waals surface area contributed by atoms with E-state index in [1.54, 1.807) is 12.0 Å². The third kappa shape index (κ3) is 27.0. The zero-order chi connectivity index (χ0) is 25.2. The third-order valence-corrected chi connectivity index (χ3v) is 4.37. The molecule has 2 heterocycles. The van der Waals surface area contributed by atoms with Gasteiger partial charge in [0.25, 0.3) is 0 Å². The number of likely N-dealkylation sites (tertiary alicyclic amines) is 1. The van der Waals surface area contributed by atoms with Crippen molar-refractivity contribution in [3.63, 3.8) is 0 Å². The molecule has 194 valence electrons. The zero-order valence-electron chi connectivity index (χ0n) is 22.5. The number of ether oxygens (including phenoxy) is 2. The fourth-order valence-corrected chi connectivity index (χ4v) is 2.69. The van der Waals surface area contributed by atoms with Gasteiger partial charge in [0, 0.05) is 39.9 Å². The molecule has 0 unspecified atom stereocenters. The molecule has 0 spiro atoms. The second kappa shape index (κ2) is 28.0. The standard InChI is InChI=1S/C10H18N2O3.C6H13N.C4H10O.C3H8.CH5N/c1-9(13)7-15-8-10(14)12-5-3-11(2)4-6-12;1-7-5-3-2-4-6-7;1-3-4-5-2;1-3-2;1-2/h3-8H2,1-2H3;2-6H2,1H3;3-4H2,1-2H3;3H2,1-2H3;2H2,1H3.